The summed E-state index contributed by atoms with van der Waals surface area (Å²) < 4.78 is 73.1. The van der Waals surface area contributed by atoms with Gasteiger partial charge >= 0.3 is 40.0 Å². The van der Waals surface area contributed by atoms with Gasteiger partial charge in [-0.1, -0.05) is 25.1 Å². The van der Waals surface area contributed by atoms with Gasteiger partial charge in [0.1, 0.15) is 0 Å². The summed E-state index contributed by atoms with van der Waals surface area (Å²) in [6.07, 6.45) is 0.0966. The van der Waals surface area contributed by atoms with Gasteiger partial charge in [-0.15, -0.1) is 0 Å². The van der Waals surface area contributed by atoms with Crippen LogP contribution in [0.15, 0.2) is 0 Å². The van der Waals surface area contributed by atoms with E-state index in [2.05, 4.69) is 4.33 Å². The molecule has 0 heterocycles. The Labute approximate surface area is 148 Å². The summed E-state index contributed by atoms with van der Waals surface area (Å²) in [6, 6.07) is 0. The monoisotopic (exact) mass is 380 g/mol. The van der Waals surface area contributed by atoms with Gasteiger partial charge in [-0.25, -0.2) is 22.1 Å². The van der Waals surface area contributed by atoms with Crippen molar-refractivity contribution in [3.63, 3.8) is 0 Å². The van der Waals surface area contributed by atoms with Gasteiger partial charge < -0.3 is 0 Å². The molecule has 0 bridgehead atoms. The molecule has 0 aromatic heterocycles. The standard InChI is InChI=1S/C8H18O4S2.Na.H2O5S.H/c1-5-8(4,13(9,10)6-2)14(11,12)7-3;;1-5-6(2,3)4;/h5-7H2,1-4H3;;1H,(H,2,3,4);. The second-order valence-corrected chi connectivity index (χ2v) is 10.5. The molecule has 0 rings (SSSR count). The summed E-state index contributed by atoms with van der Waals surface area (Å²) in [5, 5.41) is 7.06. The van der Waals surface area contributed by atoms with Crippen LogP contribution in [0.1, 0.15) is 34.1 Å². The van der Waals surface area contributed by atoms with Crippen LogP contribution < -0.4 is 0 Å². The average Bonchev–Trinajstić information content (AvgIpc) is 2.37. The number of hydrogen-bond donors (Lipinski definition) is 2. The van der Waals surface area contributed by atoms with Crippen LogP contribution in [0.3, 0.4) is 0 Å². The molecule has 21 heavy (non-hydrogen) atoms. The van der Waals surface area contributed by atoms with Crippen molar-refractivity contribution < 1.29 is 39.4 Å². The summed E-state index contributed by atoms with van der Waals surface area (Å²) in [5.74, 6) is -0.285. The average molecular weight is 380 g/mol. The van der Waals surface area contributed by atoms with Crippen LogP contribution in [-0.4, -0.2) is 80.2 Å². The van der Waals surface area contributed by atoms with Gasteiger partial charge in [-0.05, 0) is 13.3 Å². The van der Waals surface area contributed by atoms with Gasteiger partial charge in [0.15, 0.2) is 23.8 Å². The molecule has 0 radical (unpaired) electrons. The van der Waals surface area contributed by atoms with E-state index in [9.17, 15) is 16.8 Å². The summed E-state index contributed by atoms with van der Waals surface area (Å²) in [4.78, 5) is 0. The van der Waals surface area contributed by atoms with Crippen molar-refractivity contribution in [3.8, 4) is 0 Å². The summed E-state index contributed by atoms with van der Waals surface area (Å²) >= 11 is 0. The van der Waals surface area contributed by atoms with Gasteiger partial charge in [-0.3, -0.25) is 4.55 Å². The zero-order valence-electron chi connectivity index (χ0n) is 11.6. The van der Waals surface area contributed by atoms with Gasteiger partial charge in [0.05, 0.1) is 0 Å². The molecule has 0 fully saturated rings. The van der Waals surface area contributed by atoms with Crippen molar-refractivity contribution in [2.45, 2.75) is 38.2 Å². The van der Waals surface area contributed by atoms with Crippen molar-refractivity contribution in [2.24, 2.45) is 0 Å². The first-order valence-corrected chi connectivity index (χ1v) is 10.2. The van der Waals surface area contributed by atoms with Crippen molar-refractivity contribution in [2.75, 3.05) is 11.5 Å². The second kappa shape index (κ2) is 9.78. The Morgan fingerprint density at radius 1 is 0.905 bits per heavy atom. The first-order chi connectivity index (χ1) is 8.74. The molecule has 13 heteroatoms. The Hall–Kier alpha value is 0.730. The Balaban J connectivity index is -0.000000394. The van der Waals surface area contributed by atoms with E-state index >= 15 is 0 Å². The van der Waals surface area contributed by atoms with E-state index in [-0.39, 0.29) is 47.5 Å². The number of rotatable bonds is 6. The first-order valence-electron chi connectivity index (χ1n) is 5.49. The third-order valence-electron chi connectivity index (χ3n) is 2.81. The predicted molar refractivity (Wildman–Crippen MR) is 80.0 cm³/mol. The van der Waals surface area contributed by atoms with Gasteiger partial charge in [0.2, 0.25) is 0 Å². The molecule has 0 saturated carbocycles. The second-order valence-electron chi connectivity index (χ2n) is 3.80. The van der Waals surface area contributed by atoms with Crippen molar-refractivity contribution in [1.82, 2.24) is 0 Å². The van der Waals surface area contributed by atoms with Crippen LogP contribution in [0.5, 0.6) is 0 Å². The molecule has 0 saturated heterocycles. The number of sulfone groups is 2. The Morgan fingerprint density at radius 2 is 1.14 bits per heavy atom. The summed E-state index contributed by atoms with van der Waals surface area (Å²) in [7, 11) is -11.7. The zero-order chi connectivity index (χ0) is 16.8. The summed E-state index contributed by atoms with van der Waals surface area (Å²) in [6.45, 7) is 5.81. The van der Waals surface area contributed by atoms with Crippen molar-refractivity contribution in [3.05, 3.63) is 0 Å². The zero-order valence-corrected chi connectivity index (χ0v) is 14.0. The topological polar surface area (TPSA) is 152 Å². The van der Waals surface area contributed by atoms with Gasteiger partial charge in [0, 0.05) is 11.5 Å². The predicted octanol–water partition coefficient (Wildman–Crippen LogP) is -0.388. The van der Waals surface area contributed by atoms with E-state index in [1.54, 1.807) is 6.92 Å². The first kappa shape index (κ1) is 26.6. The maximum atomic E-state index is 11.7. The molecular formula is C8H21NaO9S3. The van der Waals surface area contributed by atoms with E-state index < -0.39 is 34.2 Å². The molecule has 0 aliphatic carbocycles. The molecule has 126 valence electrons. The summed E-state index contributed by atoms with van der Waals surface area (Å²) in [5.41, 5.74) is 0. The van der Waals surface area contributed by atoms with E-state index in [1.807, 2.05) is 0 Å². The van der Waals surface area contributed by atoms with Crippen molar-refractivity contribution in [1.29, 1.82) is 0 Å². The third-order valence-corrected chi connectivity index (χ3v) is 9.25. The fourth-order valence-electron chi connectivity index (χ4n) is 1.24. The van der Waals surface area contributed by atoms with Gasteiger partial charge in [-0.2, -0.15) is 8.42 Å². The van der Waals surface area contributed by atoms with Crippen LogP contribution in [0.4, 0.5) is 0 Å². The SMILES string of the molecule is CCC(C)(S(=O)(=O)CC)S(=O)(=O)CC.O=S(=O)(O)OO.[NaH]. The number of hydrogen-bond acceptors (Lipinski definition) is 8. The molecule has 0 amide bonds. The molecule has 0 aromatic carbocycles. The maximum absolute atomic E-state index is 11.7. The molecule has 0 aliphatic heterocycles. The van der Waals surface area contributed by atoms with Crippen LogP contribution in [0, 0.1) is 0 Å². The van der Waals surface area contributed by atoms with Crippen molar-refractivity contribution >= 4 is 59.6 Å². The van der Waals surface area contributed by atoms with Gasteiger partial charge in [0.25, 0.3) is 0 Å². The van der Waals surface area contributed by atoms with Crippen LogP contribution in [0.2, 0.25) is 0 Å². The Kier molecular flexibility index (Phi) is 12.4. The van der Waals surface area contributed by atoms with E-state index in [0.29, 0.717) is 0 Å². The third kappa shape index (κ3) is 7.70. The molecule has 0 aliphatic rings. The van der Waals surface area contributed by atoms with Crippen LogP contribution in [-0.2, 0) is 34.4 Å². The Bertz CT molecular complexity index is 557. The quantitative estimate of drug-likeness (QED) is 0.271. The van der Waals surface area contributed by atoms with E-state index in [4.69, 9.17) is 18.2 Å². The van der Waals surface area contributed by atoms with Crippen LogP contribution in [0.25, 0.3) is 0 Å². The minimum absolute atomic E-state index is 0. The molecule has 2 N–H and O–H groups in total. The van der Waals surface area contributed by atoms with E-state index in [0.717, 1.165) is 0 Å². The minimum atomic E-state index is -4.61. The van der Waals surface area contributed by atoms with E-state index in [1.165, 1.54) is 20.8 Å². The van der Waals surface area contributed by atoms with Crippen LogP contribution >= 0.6 is 0 Å². The fraction of sp³-hybridized carbons (Fsp3) is 1.00. The molecule has 0 spiro atoms. The molecular weight excluding hydrogens is 359 g/mol. The fourth-order valence-corrected chi connectivity index (χ4v) is 5.60. The normalized spacial score (nSPS) is 12.9. The molecule has 9 nitrogen and oxygen atoms in total. The molecule has 0 aromatic rings. The Morgan fingerprint density at radius 3 is 1.24 bits per heavy atom. The molecule has 0 unspecified atom stereocenters. The molecule has 0 atom stereocenters.